The molecule has 2 atom stereocenters. The van der Waals surface area contributed by atoms with Crippen LogP contribution in [0.3, 0.4) is 0 Å². The van der Waals surface area contributed by atoms with E-state index in [2.05, 4.69) is 15.5 Å². The lowest BCUT2D eigenvalue weighted by atomic mass is 10.3. The normalized spacial score (nSPS) is 12.8. The van der Waals surface area contributed by atoms with Crippen molar-refractivity contribution in [2.24, 2.45) is 7.05 Å². The van der Waals surface area contributed by atoms with E-state index in [4.69, 9.17) is 9.47 Å². The second kappa shape index (κ2) is 9.47. The Kier molecular flexibility index (Phi) is 6.77. The number of thioether (sulfide) groups is 1. The number of aromatic nitrogens is 3. The predicted molar refractivity (Wildman–Crippen MR) is 113 cm³/mol. The van der Waals surface area contributed by atoms with Crippen molar-refractivity contribution in [3.8, 4) is 11.5 Å². The number of carbonyl (C=O) groups is 1. The summed E-state index contributed by atoms with van der Waals surface area (Å²) in [4.78, 5) is 12.5. The Morgan fingerprint density at radius 3 is 2.38 bits per heavy atom. The van der Waals surface area contributed by atoms with Gasteiger partial charge in [-0.3, -0.25) is 4.79 Å². The highest BCUT2D eigenvalue weighted by molar-refractivity contribution is 8.00. The van der Waals surface area contributed by atoms with E-state index in [1.807, 2.05) is 55.8 Å². The van der Waals surface area contributed by atoms with Crippen LogP contribution in [0, 0.1) is 0 Å². The smallest absolute Gasteiger partial charge is 0.237 e. The number of carbonyl (C=O) groups excluding carboxylic acids is 1. The molecule has 0 spiro atoms. The first kappa shape index (κ1) is 20.7. The largest absolute Gasteiger partial charge is 0.497 e. The van der Waals surface area contributed by atoms with Gasteiger partial charge in [0.15, 0.2) is 17.1 Å². The van der Waals surface area contributed by atoms with Crippen molar-refractivity contribution in [3.05, 3.63) is 60.4 Å². The summed E-state index contributed by atoms with van der Waals surface area (Å²) in [7, 11) is 3.48. The van der Waals surface area contributed by atoms with Gasteiger partial charge in [-0.1, -0.05) is 30.0 Å². The number of methoxy groups -OCH3 is 1. The minimum Gasteiger partial charge on any atom is -0.497 e. The maximum absolute atomic E-state index is 12.5. The maximum atomic E-state index is 12.5. The summed E-state index contributed by atoms with van der Waals surface area (Å²) in [6.07, 6.45) is -0.271. The van der Waals surface area contributed by atoms with E-state index in [1.165, 1.54) is 11.8 Å². The molecule has 0 bridgehead atoms. The zero-order valence-corrected chi connectivity index (χ0v) is 17.6. The van der Waals surface area contributed by atoms with Crippen molar-refractivity contribution in [2.45, 2.75) is 30.4 Å². The van der Waals surface area contributed by atoms with E-state index in [-0.39, 0.29) is 17.3 Å². The number of hydrogen-bond acceptors (Lipinski definition) is 6. The molecule has 1 N–H and O–H groups in total. The fraction of sp³-hybridized carbons (Fsp3) is 0.286. The number of hydrogen-bond donors (Lipinski definition) is 1. The first-order valence-corrected chi connectivity index (χ1v) is 10.1. The highest BCUT2D eigenvalue weighted by Gasteiger charge is 2.21. The molecular formula is C21H24N4O3S. The molecule has 0 saturated carbocycles. The van der Waals surface area contributed by atoms with Crippen LogP contribution >= 0.6 is 11.8 Å². The monoisotopic (exact) mass is 412 g/mol. The van der Waals surface area contributed by atoms with Gasteiger partial charge < -0.3 is 19.4 Å². The van der Waals surface area contributed by atoms with Gasteiger partial charge in [0.25, 0.3) is 0 Å². The molecular weight excluding hydrogens is 388 g/mol. The fourth-order valence-corrected chi connectivity index (χ4v) is 3.49. The van der Waals surface area contributed by atoms with Crippen LogP contribution in [0.4, 0.5) is 5.69 Å². The lowest BCUT2D eigenvalue weighted by molar-refractivity contribution is -0.115. The summed E-state index contributed by atoms with van der Waals surface area (Å²) < 4.78 is 12.9. The first-order valence-electron chi connectivity index (χ1n) is 9.20. The van der Waals surface area contributed by atoms with Crippen LogP contribution < -0.4 is 14.8 Å². The standard InChI is InChI=1S/C21H24N4O3S/c1-14(28-18-8-6-5-7-9-18)19-23-24-21(25(19)3)29-15(2)20(26)22-16-10-12-17(27-4)13-11-16/h5-15H,1-4H3,(H,22,26). The van der Waals surface area contributed by atoms with Crippen LogP contribution in [0.25, 0.3) is 0 Å². The molecule has 2 aromatic carbocycles. The van der Waals surface area contributed by atoms with Crippen LogP contribution in [0.1, 0.15) is 25.8 Å². The molecule has 8 heteroatoms. The maximum Gasteiger partial charge on any atom is 0.237 e. The Balaban J connectivity index is 1.61. The molecule has 0 fully saturated rings. The number of amides is 1. The van der Waals surface area contributed by atoms with Gasteiger partial charge >= 0.3 is 0 Å². The van der Waals surface area contributed by atoms with Crippen molar-refractivity contribution in [1.82, 2.24) is 14.8 Å². The molecule has 7 nitrogen and oxygen atoms in total. The lowest BCUT2D eigenvalue weighted by Gasteiger charge is -2.15. The van der Waals surface area contributed by atoms with E-state index in [0.717, 1.165) is 11.5 Å². The zero-order chi connectivity index (χ0) is 20.8. The van der Waals surface area contributed by atoms with E-state index in [1.54, 1.807) is 31.4 Å². The van der Waals surface area contributed by atoms with E-state index in [0.29, 0.717) is 16.7 Å². The average Bonchev–Trinajstić information content (AvgIpc) is 3.09. The van der Waals surface area contributed by atoms with Gasteiger partial charge in [0.05, 0.1) is 12.4 Å². The van der Waals surface area contributed by atoms with Gasteiger partial charge in [-0.05, 0) is 50.2 Å². The third-order valence-electron chi connectivity index (χ3n) is 4.30. The van der Waals surface area contributed by atoms with Crippen molar-refractivity contribution >= 4 is 23.4 Å². The zero-order valence-electron chi connectivity index (χ0n) is 16.8. The molecule has 152 valence electrons. The molecule has 29 heavy (non-hydrogen) atoms. The Labute approximate surface area is 174 Å². The topological polar surface area (TPSA) is 78.3 Å². The molecule has 0 aliphatic rings. The summed E-state index contributed by atoms with van der Waals surface area (Å²) >= 11 is 1.35. The van der Waals surface area contributed by atoms with Crippen molar-refractivity contribution in [2.75, 3.05) is 12.4 Å². The third-order valence-corrected chi connectivity index (χ3v) is 5.43. The van der Waals surface area contributed by atoms with Gasteiger partial charge in [-0.25, -0.2) is 0 Å². The average molecular weight is 413 g/mol. The summed E-state index contributed by atoms with van der Waals surface area (Å²) in [6, 6.07) is 16.8. The third kappa shape index (κ3) is 5.29. The molecule has 0 saturated heterocycles. The van der Waals surface area contributed by atoms with Crippen molar-refractivity contribution in [3.63, 3.8) is 0 Å². The molecule has 0 radical (unpaired) electrons. The minimum atomic E-state index is -0.349. The van der Waals surface area contributed by atoms with Gasteiger partial charge in [0.1, 0.15) is 11.5 Å². The van der Waals surface area contributed by atoms with Gasteiger partial charge in [0.2, 0.25) is 5.91 Å². The predicted octanol–water partition coefficient (Wildman–Crippen LogP) is 4.08. The number of benzene rings is 2. The second-order valence-corrected chi connectivity index (χ2v) is 7.76. The highest BCUT2D eigenvalue weighted by atomic mass is 32.2. The number of ether oxygens (including phenoxy) is 2. The summed E-state index contributed by atoms with van der Waals surface area (Å²) in [5.41, 5.74) is 0.715. The van der Waals surface area contributed by atoms with E-state index < -0.39 is 0 Å². The minimum absolute atomic E-state index is 0.113. The Morgan fingerprint density at radius 2 is 1.72 bits per heavy atom. The molecule has 0 aliphatic carbocycles. The van der Waals surface area contributed by atoms with Crippen LogP contribution in [0.5, 0.6) is 11.5 Å². The molecule has 3 rings (SSSR count). The van der Waals surface area contributed by atoms with E-state index in [9.17, 15) is 4.79 Å². The van der Waals surface area contributed by atoms with Crippen LogP contribution in [0.2, 0.25) is 0 Å². The van der Waals surface area contributed by atoms with Gasteiger partial charge in [-0.2, -0.15) is 0 Å². The van der Waals surface area contributed by atoms with Crippen LogP contribution in [0.15, 0.2) is 59.8 Å². The number of rotatable bonds is 8. The molecule has 0 aliphatic heterocycles. The number of nitrogens with one attached hydrogen (secondary N) is 1. The summed E-state index contributed by atoms with van der Waals surface area (Å²) in [6.45, 7) is 3.76. The summed E-state index contributed by atoms with van der Waals surface area (Å²) in [5.74, 6) is 2.09. The van der Waals surface area contributed by atoms with Gasteiger partial charge in [0, 0.05) is 12.7 Å². The van der Waals surface area contributed by atoms with Crippen LogP contribution in [-0.4, -0.2) is 33.0 Å². The van der Waals surface area contributed by atoms with Crippen LogP contribution in [-0.2, 0) is 11.8 Å². The van der Waals surface area contributed by atoms with Crippen molar-refractivity contribution in [1.29, 1.82) is 0 Å². The number of anilines is 1. The Morgan fingerprint density at radius 1 is 1.03 bits per heavy atom. The lowest BCUT2D eigenvalue weighted by Crippen LogP contribution is -2.22. The fourth-order valence-electron chi connectivity index (χ4n) is 2.67. The molecule has 1 amide bonds. The molecule has 1 aromatic heterocycles. The SMILES string of the molecule is COc1ccc(NC(=O)C(C)Sc2nnc(C(C)Oc3ccccc3)n2C)cc1. The quantitative estimate of drug-likeness (QED) is 0.562. The van der Waals surface area contributed by atoms with E-state index >= 15 is 0 Å². The Hall–Kier alpha value is -3.00. The van der Waals surface area contributed by atoms with Crippen molar-refractivity contribution < 1.29 is 14.3 Å². The molecule has 2 unspecified atom stereocenters. The second-order valence-electron chi connectivity index (χ2n) is 6.45. The first-order chi connectivity index (χ1) is 14.0. The highest BCUT2D eigenvalue weighted by Crippen LogP contribution is 2.26. The Bertz CT molecular complexity index is 944. The number of para-hydroxylation sites is 1. The molecule has 3 aromatic rings. The summed E-state index contributed by atoms with van der Waals surface area (Å²) in [5, 5.41) is 11.7. The van der Waals surface area contributed by atoms with Gasteiger partial charge in [-0.15, -0.1) is 10.2 Å². The molecule has 1 heterocycles. The number of nitrogens with zero attached hydrogens (tertiary/aromatic N) is 3.